The molecule has 210 valence electrons. The van der Waals surface area contributed by atoms with E-state index in [1.165, 1.54) is 86.3 Å². The van der Waals surface area contributed by atoms with Gasteiger partial charge in [-0.3, -0.25) is 0 Å². The minimum Gasteiger partial charge on any atom is -0.309 e. The standard InChI is InChI=1S/C42H26N2S/c1-5-16-35-31(12-1)32-13-2-6-17-36(32)43(35)29-22-20-27(21-23-29)28-10-9-11-30(26-28)44-37-18-7-3-14-33(37)41-38(44)24-25-40-42(41)34-15-4-8-19-39(34)45-40/h1-26H. The third kappa shape index (κ3) is 3.56. The van der Waals surface area contributed by atoms with E-state index in [0.717, 1.165) is 0 Å². The SMILES string of the molecule is c1cc(-c2ccc(-n3c4ccccc4c4ccccc43)cc2)cc(-n2c3ccccc3c3c4c(ccc32)sc2ccccc24)c1. The normalized spacial score (nSPS) is 12.0. The number of thiophene rings is 1. The number of nitrogens with zero attached hydrogens (tertiary/aromatic N) is 2. The van der Waals surface area contributed by atoms with E-state index in [-0.39, 0.29) is 0 Å². The molecule has 0 saturated heterocycles. The van der Waals surface area contributed by atoms with E-state index in [1.54, 1.807) is 0 Å². The number of rotatable bonds is 3. The number of hydrogen-bond acceptors (Lipinski definition) is 1. The van der Waals surface area contributed by atoms with Crippen molar-refractivity contribution in [3.8, 4) is 22.5 Å². The van der Waals surface area contributed by atoms with Crippen molar-refractivity contribution in [3.63, 3.8) is 0 Å². The van der Waals surface area contributed by atoms with E-state index >= 15 is 0 Å². The van der Waals surface area contributed by atoms with Crippen LogP contribution in [-0.4, -0.2) is 9.13 Å². The lowest BCUT2D eigenvalue weighted by Crippen LogP contribution is -1.95. The highest BCUT2D eigenvalue weighted by Crippen LogP contribution is 2.43. The first-order valence-corrected chi connectivity index (χ1v) is 16.2. The molecule has 10 rings (SSSR count). The van der Waals surface area contributed by atoms with Gasteiger partial charge in [-0.15, -0.1) is 11.3 Å². The van der Waals surface area contributed by atoms with Crippen molar-refractivity contribution in [1.82, 2.24) is 9.13 Å². The van der Waals surface area contributed by atoms with Gasteiger partial charge in [-0.1, -0.05) is 97.1 Å². The van der Waals surface area contributed by atoms with Gasteiger partial charge in [0.1, 0.15) is 0 Å². The summed E-state index contributed by atoms with van der Waals surface area (Å²) < 4.78 is 7.48. The van der Waals surface area contributed by atoms with E-state index in [2.05, 4.69) is 167 Å². The topological polar surface area (TPSA) is 9.86 Å². The van der Waals surface area contributed by atoms with Crippen molar-refractivity contribution in [3.05, 3.63) is 158 Å². The second-order valence-corrected chi connectivity index (χ2v) is 12.8. The minimum absolute atomic E-state index is 1.17. The van der Waals surface area contributed by atoms with E-state index in [4.69, 9.17) is 0 Å². The van der Waals surface area contributed by atoms with Crippen molar-refractivity contribution in [1.29, 1.82) is 0 Å². The first-order valence-electron chi connectivity index (χ1n) is 15.4. The summed E-state index contributed by atoms with van der Waals surface area (Å²) in [7, 11) is 0. The molecule has 3 heteroatoms. The molecule has 2 nitrogen and oxygen atoms in total. The lowest BCUT2D eigenvalue weighted by molar-refractivity contribution is 1.18. The molecule has 0 aliphatic rings. The lowest BCUT2D eigenvalue weighted by atomic mass is 10.0. The number of para-hydroxylation sites is 3. The molecule has 0 N–H and O–H groups in total. The van der Waals surface area contributed by atoms with E-state index < -0.39 is 0 Å². The predicted molar refractivity (Wildman–Crippen MR) is 193 cm³/mol. The largest absolute Gasteiger partial charge is 0.309 e. The van der Waals surface area contributed by atoms with Gasteiger partial charge in [-0.2, -0.15) is 0 Å². The lowest BCUT2D eigenvalue weighted by Gasteiger charge is -2.12. The molecular formula is C42H26N2S. The zero-order chi connectivity index (χ0) is 29.5. The number of hydrogen-bond donors (Lipinski definition) is 0. The highest BCUT2D eigenvalue weighted by molar-refractivity contribution is 7.26. The van der Waals surface area contributed by atoms with Gasteiger partial charge < -0.3 is 9.13 Å². The Balaban J connectivity index is 1.14. The molecule has 0 unspecified atom stereocenters. The molecule has 0 spiro atoms. The van der Waals surface area contributed by atoms with Crippen LogP contribution in [0.15, 0.2) is 158 Å². The second kappa shape index (κ2) is 9.43. The molecule has 0 radical (unpaired) electrons. The summed E-state index contributed by atoms with van der Waals surface area (Å²) in [4.78, 5) is 0. The quantitative estimate of drug-likeness (QED) is 0.194. The van der Waals surface area contributed by atoms with Crippen LogP contribution < -0.4 is 0 Å². The Morgan fingerprint density at radius 1 is 0.333 bits per heavy atom. The Morgan fingerprint density at radius 2 is 0.933 bits per heavy atom. The smallest absolute Gasteiger partial charge is 0.0548 e. The molecule has 0 aliphatic carbocycles. The Hall–Kier alpha value is -5.64. The van der Waals surface area contributed by atoms with Crippen molar-refractivity contribution >= 4 is 75.1 Å². The molecular weight excluding hydrogens is 565 g/mol. The van der Waals surface area contributed by atoms with Gasteiger partial charge in [-0.05, 0) is 71.8 Å². The van der Waals surface area contributed by atoms with Crippen LogP contribution >= 0.6 is 11.3 Å². The Kier molecular flexibility index (Phi) is 5.19. The van der Waals surface area contributed by atoms with E-state index in [0.29, 0.717) is 0 Å². The summed E-state index contributed by atoms with van der Waals surface area (Å²) in [5.41, 5.74) is 9.67. The summed E-state index contributed by atoms with van der Waals surface area (Å²) in [6, 6.07) is 57.6. The van der Waals surface area contributed by atoms with Crippen LogP contribution in [0.25, 0.3) is 86.3 Å². The molecule has 0 saturated carbocycles. The maximum Gasteiger partial charge on any atom is 0.0548 e. The van der Waals surface area contributed by atoms with Gasteiger partial charge in [0, 0.05) is 53.1 Å². The maximum atomic E-state index is 2.44. The number of fused-ring (bicyclic) bond motifs is 10. The average Bonchev–Trinajstić information content (AvgIpc) is 3.76. The number of aromatic nitrogens is 2. The second-order valence-electron chi connectivity index (χ2n) is 11.8. The van der Waals surface area contributed by atoms with Crippen LogP contribution in [-0.2, 0) is 0 Å². The molecule has 0 fully saturated rings. The zero-order valence-corrected chi connectivity index (χ0v) is 25.1. The average molecular weight is 591 g/mol. The molecule has 45 heavy (non-hydrogen) atoms. The van der Waals surface area contributed by atoms with Crippen molar-refractivity contribution in [2.45, 2.75) is 0 Å². The molecule has 0 atom stereocenters. The van der Waals surface area contributed by atoms with Gasteiger partial charge in [0.05, 0.1) is 22.1 Å². The Labute approximate surface area is 263 Å². The molecule has 0 amide bonds. The molecule has 7 aromatic carbocycles. The summed E-state index contributed by atoms with van der Waals surface area (Å²) in [6.07, 6.45) is 0. The molecule has 10 aromatic rings. The molecule has 0 aliphatic heterocycles. The van der Waals surface area contributed by atoms with Crippen LogP contribution in [0, 0.1) is 0 Å². The van der Waals surface area contributed by atoms with Crippen molar-refractivity contribution < 1.29 is 0 Å². The first kappa shape index (κ1) is 24.8. The fourth-order valence-corrected chi connectivity index (χ4v) is 8.49. The van der Waals surface area contributed by atoms with Gasteiger partial charge in [-0.25, -0.2) is 0 Å². The molecule has 3 heterocycles. The Morgan fingerprint density at radius 3 is 1.67 bits per heavy atom. The van der Waals surface area contributed by atoms with Crippen molar-refractivity contribution in [2.24, 2.45) is 0 Å². The van der Waals surface area contributed by atoms with Gasteiger partial charge >= 0.3 is 0 Å². The first-order chi connectivity index (χ1) is 22.3. The Bertz CT molecular complexity index is 2700. The fourth-order valence-electron chi connectivity index (χ4n) is 7.38. The zero-order valence-electron chi connectivity index (χ0n) is 24.3. The number of benzene rings is 7. The van der Waals surface area contributed by atoms with Crippen LogP contribution in [0.5, 0.6) is 0 Å². The van der Waals surface area contributed by atoms with Crippen LogP contribution in [0.1, 0.15) is 0 Å². The predicted octanol–water partition coefficient (Wildman–Crippen LogP) is 11.9. The third-order valence-electron chi connectivity index (χ3n) is 9.32. The fraction of sp³-hybridized carbons (Fsp3) is 0. The van der Waals surface area contributed by atoms with Crippen LogP contribution in [0.4, 0.5) is 0 Å². The van der Waals surface area contributed by atoms with Crippen LogP contribution in [0.3, 0.4) is 0 Å². The molecule has 3 aromatic heterocycles. The summed E-state index contributed by atoms with van der Waals surface area (Å²) >= 11 is 1.88. The van der Waals surface area contributed by atoms with Crippen LogP contribution in [0.2, 0.25) is 0 Å². The van der Waals surface area contributed by atoms with E-state index in [1.807, 2.05) is 11.3 Å². The summed E-state index contributed by atoms with van der Waals surface area (Å²) in [5, 5.41) is 7.89. The molecule has 0 bridgehead atoms. The van der Waals surface area contributed by atoms with Crippen molar-refractivity contribution in [2.75, 3.05) is 0 Å². The van der Waals surface area contributed by atoms with Gasteiger partial charge in [0.25, 0.3) is 0 Å². The summed E-state index contributed by atoms with van der Waals surface area (Å²) in [6.45, 7) is 0. The summed E-state index contributed by atoms with van der Waals surface area (Å²) in [5.74, 6) is 0. The maximum absolute atomic E-state index is 2.44. The minimum atomic E-state index is 1.17. The van der Waals surface area contributed by atoms with Gasteiger partial charge in [0.2, 0.25) is 0 Å². The highest BCUT2D eigenvalue weighted by Gasteiger charge is 2.18. The monoisotopic (exact) mass is 590 g/mol. The van der Waals surface area contributed by atoms with Gasteiger partial charge in [0.15, 0.2) is 0 Å². The third-order valence-corrected chi connectivity index (χ3v) is 10.5. The van der Waals surface area contributed by atoms with E-state index in [9.17, 15) is 0 Å². The highest BCUT2D eigenvalue weighted by atomic mass is 32.1.